The summed E-state index contributed by atoms with van der Waals surface area (Å²) in [5.74, 6) is -0.964. The van der Waals surface area contributed by atoms with Crippen LogP contribution in [0, 0.1) is 11.3 Å². The van der Waals surface area contributed by atoms with Gasteiger partial charge in [-0.2, -0.15) is 5.26 Å². The molecule has 3 rings (SSSR count). The maximum Gasteiger partial charge on any atom is 0.338 e. The number of amides is 2. The van der Waals surface area contributed by atoms with E-state index in [4.69, 9.17) is 9.15 Å². The number of hydrogen-bond acceptors (Lipinski definition) is 7. The van der Waals surface area contributed by atoms with Gasteiger partial charge < -0.3 is 14.3 Å². The fourth-order valence-corrected chi connectivity index (χ4v) is 3.24. The highest BCUT2D eigenvalue weighted by Crippen LogP contribution is 2.29. The first-order valence-corrected chi connectivity index (χ1v) is 10.1. The first-order valence-electron chi connectivity index (χ1n) is 10.1. The second-order valence-electron chi connectivity index (χ2n) is 7.07. The van der Waals surface area contributed by atoms with E-state index in [2.05, 4.69) is 0 Å². The van der Waals surface area contributed by atoms with Crippen molar-refractivity contribution in [2.75, 3.05) is 19.8 Å². The summed E-state index contributed by atoms with van der Waals surface area (Å²) in [5, 5.41) is 18.5. The van der Waals surface area contributed by atoms with E-state index in [1.807, 2.05) is 13.0 Å². The Morgan fingerprint density at radius 3 is 2.72 bits per heavy atom. The van der Waals surface area contributed by atoms with E-state index in [1.165, 1.54) is 13.0 Å². The van der Waals surface area contributed by atoms with Crippen LogP contribution >= 0.6 is 0 Å². The van der Waals surface area contributed by atoms with Crippen molar-refractivity contribution in [3.63, 3.8) is 0 Å². The third-order valence-electron chi connectivity index (χ3n) is 4.88. The highest BCUT2D eigenvalue weighted by atomic mass is 16.5. The maximum absolute atomic E-state index is 12.8. The fourth-order valence-electron chi connectivity index (χ4n) is 3.24. The average Bonchev–Trinajstić information content (AvgIpc) is 3.27. The smallest absolute Gasteiger partial charge is 0.338 e. The van der Waals surface area contributed by atoms with Gasteiger partial charge in [-0.25, -0.2) is 4.79 Å². The van der Waals surface area contributed by atoms with Gasteiger partial charge in [0.05, 0.1) is 25.3 Å². The van der Waals surface area contributed by atoms with E-state index in [9.17, 15) is 24.8 Å². The van der Waals surface area contributed by atoms with Gasteiger partial charge in [-0.3, -0.25) is 14.5 Å². The minimum Gasteiger partial charge on any atom is -0.462 e. The summed E-state index contributed by atoms with van der Waals surface area (Å²) in [6.07, 6.45) is 2.18. The van der Waals surface area contributed by atoms with E-state index >= 15 is 0 Å². The Balaban J connectivity index is 1.94. The van der Waals surface area contributed by atoms with Crippen molar-refractivity contribution in [1.82, 2.24) is 4.90 Å². The second kappa shape index (κ2) is 9.90. The van der Waals surface area contributed by atoms with E-state index in [0.29, 0.717) is 29.3 Å². The Kier molecular flexibility index (Phi) is 7.03. The van der Waals surface area contributed by atoms with Crippen molar-refractivity contribution in [3.8, 4) is 17.4 Å². The number of aliphatic hydroxyl groups is 1. The third kappa shape index (κ3) is 4.53. The zero-order valence-electron chi connectivity index (χ0n) is 17.8. The summed E-state index contributed by atoms with van der Waals surface area (Å²) in [6.45, 7) is 3.14. The first kappa shape index (κ1) is 22.7. The molecule has 0 radical (unpaired) electrons. The monoisotopic (exact) mass is 434 g/mol. The van der Waals surface area contributed by atoms with Crippen LogP contribution in [-0.4, -0.2) is 47.5 Å². The molecule has 2 aromatic rings. The van der Waals surface area contributed by atoms with Crippen LogP contribution in [0.15, 0.2) is 57.5 Å². The lowest BCUT2D eigenvalue weighted by atomic mass is 9.95. The number of nitrogens with zero attached hydrogens (tertiary/aromatic N) is 2. The summed E-state index contributed by atoms with van der Waals surface area (Å²) >= 11 is 0. The van der Waals surface area contributed by atoms with Crippen molar-refractivity contribution < 1.29 is 28.6 Å². The largest absolute Gasteiger partial charge is 0.462 e. The third-order valence-corrected chi connectivity index (χ3v) is 4.88. The molecule has 0 saturated carbocycles. The molecule has 0 bridgehead atoms. The van der Waals surface area contributed by atoms with Crippen molar-refractivity contribution in [2.24, 2.45) is 0 Å². The predicted molar refractivity (Wildman–Crippen MR) is 115 cm³/mol. The lowest BCUT2D eigenvalue weighted by Crippen LogP contribution is -2.44. The number of ether oxygens (including phenoxy) is 1. The van der Waals surface area contributed by atoms with Gasteiger partial charge in [0.15, 0.2) is 0 Å². The van der Waals surface area contributed by atoms with E-state index in [-0.39, 0.29) is 23.3 Å². The minimum atomic E-state index is -0.729. The standard InChI is InChI=1S/C24H22N2O6/c1-3-11-31-24(30)17-6-4-5-16(12-17)21-8-7-18(32-21)13-19-15(2)20(14-25)23(29)26(9-10-27)22(19)28/h4-8,12-13,27H,3,9-11H2,1-2H3/b19-13+. The minimum absolute atomic E-state index is 0.132. The number of nitriles is 1. The Morgan fingerprint density at radius 1 is 1.25 bits per heavy atom. The molecule has 0 unspecified atom stereocenters. The zero-order valence-corrected chi connectivity index (χ0v) is 17.8. The van der Waals surface area contributed by atoms with Gasteiger partial charge >= 0.3 is 5.97 Å². The highest BCUT2D eigenvalue weighted by molar-refractivity contribution is 6.19. The Bertz CT molecular complexity index is 1170. The summed E-state index contributed by atoms with van der Waals surface area (Å²) in [4.78, 5) is 38.1. The Hall–Kier alpha value is -3.96. The second-order valence-corrected chi connectivity index (χ2v) is 7.07. The van der Waals surface area contributed by atoms with Crippen molar-refractivity contribution >= 4 is 23.9 Å². The van der Waals surface area contributed by atoms with E-state index in [1.54, 1.807) is 36.4 Å². The van der Waals surface area contributed by atoms with Gasteiger partial charge in [0, 0.05) is 11.1 Å². The molecule has 2 heterocycles. The molecular formula is C24H22N2O6. The summed E-state index contributed by atoms with van der Waals surface area (Å²) < 4.78 is 11.0. The SMILES string of the molecule is CCCOC(=O)c1cccc(-c2ccc(/C=C3/C(=O)N(CCO)C(=O)C(C#N)=C3C)o2)c1. The summed E-state index contributed by atoms with van der Waals surface area (Å²) in [7, 11) is 0. The van der Waals surface area contributed by atoms with Crippen molar-refractivity contribution in [3.05, 3.63) is 64.4 Å². The van der Waals surface area contributed by atoms with Gasteiger partial charge in [0.2, 0.25) is 0 Å². The van der Waals surface area contributed by atoms with Crippen LogP contribution in [0.25, 0.3) is 17.4 Å². The van der Waals surface area contributed by atoms with Crippen molar-refractivity contribution in [2.45, 2.75) is 20.3 Å². The molecule has 0 saturated heterocycles. The molecule has 1 aromatic carbocycles. The quantitative estimate of drug-likeness (QED) is 0.404. The number of esters is 1. The zero-order chi connectivity index (χ0) is 23.3. The molecule has 1 aliphatic heterocycles. The van der Waals surface area contributed by atoms with Gasteiger partial charge in [-0.05, 0) is 49.3 Å². The molecule has 0 aliphatic carbocycles. The normalized spacial score (nSPS) is 15.3. The number of aliphatic hydroxyl groups excluding tert-OH is 1. The molecule has 164 valence electrons. The van der Waals surface area contributed by atoms with Gasteiger partial charge in [0.1, 0.15) is 23.2 Å². The number of rotatable bonds is 7. The average molecular weight is 434 g/mol. The number of carbonyl (C=O) groups excluding carboxylic acids is 3. The molecule has 0 spiro atoms. The van der Waals surface area contributed by atoms with E-state index < -0.39 is 24.4 Å². The topological polar surface area (TPSA) is 121 Å². The van der Waals surface area contributed by atoms with Crippen LogP contribution in [0.5, 0.6) is 0 Å². The molecule has 2 amide bonds. The maximum atomic E-state index is 12.8. The molecule has 1 aliphatic rings. The fraction of sp³-hybridized carbons (Fsp3) is 0.250. The number of β-amino-alcohol motifs (C(OH)–C–C–N with tert-alkyl or cyclic N) is 1. The van der Waals surface area contributed by atoms with Crippen LogP contribution in [0.3, 0.4) is 0 Å². The lowest BCUT2D eigenvalue weighted by molar-refractivity contribution is -0.141. The van der Waals surface area contributed by atoms with Gasteiger partial charge in [-0.15, -0.1) is 0 Å². The van der Waals surface area contributed by atoms with Crippen LogP contribution < -0.4 is 0 Å². The van der Waals surface area contributed by atoms with Crippen LogP contribution in [-0.2, 0) is 14.3 Å². The number of benzene rings is 1. The number of hydrogen-bond donors (Lipinski definition) is 1. The molecule has 8 nitrogen and oxygen atoms in total. The molecule has 32 heavy (non-hydrogen) atoms. The highest BCUT2D eigenvalue weighted by Gasteiger charge is 2.35. The number of carbonyl (C=O) groups is 3. The van der Waals surface area contributed by atoms with Crippen LogP contribution in [0.4, 0.5) is 0 Å². The van der Waals surface area contributed by atoms with Crippen LogP contribution in [0.2, 0.25) is 0 Å². The molecular weight excluding hydrogens is 412 g/mol. The molecule has 0 atom stereocenters. The van der Waals surface area contributed by atoms with Crippen molar-refractivity contribution in [1.29, 1.82) is 5.26 Å². The van der Waals surface area contributed by atoms with Gasteiger partial charge in [0.25, 0.3) is 11.8 Å². The van der Waals surface area contributed by atoms with Gasteiger partial charge in [-0.1, -0.05) is 19.1 Å². The molecule has 0 fully saturated rings. The number of imide groups is 1. The Labute approximate surface area is 185 Å². The Morgan fingerprint density at radius 2 is 2.03 bits per heavy atom. The predicted octanol–water partition coefficient (Wildman–Crippen LogP) is 3.10. The molecule has 1 N–H and O–H groups in total. The molecule has 8 heteroatoms. The van der Waals surface area contributed by atoms with Crippen LogP contribution in [0.1, 0.15) is 36.4 Å². The van der Waals surface area contributed by atoms with E-state index in [0.717, 1.165) is 11.3 Å². The molecule has 1 aromatic heterocycles. The first-order chi connectivity index (χ1) is 15.4. The lowest BCUT2D eigenvalue weighted by Gasteiger charge is -2.26. The summed E-state index contributed by atoms with van der Waals surface area (Å²) in [5.41, 5.74) is 1.26. The number of furan rings is 1. The summed E-state index contributed by atoms with van der Waals surface area (Å²) in [6, 6.07) is 12.0.